The van der Waals surface area contributed by atoms with Crippen molar-refractivity contribution >= 4 is 17.0 Å². The Balaban J connectivity index is 1.59. The molecule has 0 spiro atoms. The lowest BCUT2D eigenvalue weighted by Gasteiger charge is -2.20. The molecular weight excluding hydrogens is 430 g/mol. The molecule has 3 aromatic carbocycles. The standard InChI is InChI=1S/C27H29N3O4/c1-17-5-8-20(13-21(17)16-34-15-19-6-9-22(33-4)10-7-19)24(14-26(31)32)23-11-12-25-27(18(23)2)28-29-30(25)3/h5-13,24H,14-16H2,1-4H3,(H,31,32)/t24-/m1/s1. The molecule has 0 amide bonds. The van der Waals surface area contributed by atoms with Gasteiger partial charge in [0.05, 0.1) is 32.3 Å². The minimum atomic E-state index is -0.846. The maximum absolute atomic E-state index is 11.8. The van der Waals surface area contributed by atoms with Crippen LogP contribution in [0.25, 0.3) is 11.0 Å². The Morgan fingerprint density at radius 2 is 1.82 bits per heavy atom. The van der Waals surface area contributed by atoms with Gasteiger partial charge in [-0.25, -0.2) is 4.68 Å². The summed E-state index contributed by atoms with van der Waals surface area (Å²) in [6, 6.07) is 17.9. The molecule has 1 atom stereocenters. The summed E-state index contributed by atoms with van der Waals surface area (Å²) in [6.45, 7) is 4.94. The van der Waals surface area contributed by atoms with Crippen LogP contribution < -0.4 is 4.74 Å². The van der Waals surface area contributed by atoms with E-state index in [0.717, 1.165) is 50.2 Å². The van der Waals surface area contributed by atoms with E-state index >= 15 is 0 Å². The smallest absolute Gasteiger partial charge is 0.304 e. The fourth-order valence-corrected chi connectivity index (χ4v) is 4.27. The van der Waals surface area contributed by atoms with Crippen molar-refractivity contribution < 1.29 is 19.4 Å². The van der Waals surface area contributed by atoms with Gasteiger partial charge in [0, 0.05) is 13.0 Å². The van der Waals surface area contributed by atoms with Crippen molar-refractivity contribution in [1.82, 2.24) is 15.0 Å². The van der Waals surface area contributed by atoms with Gasteiger partial charge in [-0.3, -0.25) is 4.79 Å². The van der Waals surface area contributed by atoms with Gasteiger partial charge in [0.15, 0.2) is 0 Å². The molecule has 7 nitrogen and oxygen atoms in total. The van der Waals surface area contributed by atoms with Crippen molar-refractivity contribution in [2.24, 2.45) is 7.05 Å². The molecular formula is C27H29N3O4. The first-order chi connectivity index (χ1) is 16.4. The van der Waals surface area contributed by atoms with Crippen LogP contribution >= 0.6 is 0 Å². The average molecular weight is 460 g/mol. The van der Waals surface area contributed by atoms with E-state index < -0.39 is 5.97 Å². The highest BCUT2D eigenvalue weighted by molar-refractivity contribution is 5.80. The number of methoxy groups -OCH3 is 1. The van der Waals surface area contributed by atoms with Gasteiger partial charge in [-0.15, -0.1) is 5.10 Å². The Labute approximate surface area is 198 Å². The zero-order chi connectivity index (χ0) is 24.2. The van der Waals surface area contributed by atoms with E-state index in [1.54, 1.807) is 11.8 Å². The summed E-state index contributed by atoms with van der Waals surface area (Å²) in [7, 11) is 3.49. The van der Waals surface area contributed by atoms with E-state index in [2.05, 4.69) is 16.4 Å². The number of carbonyl (C=O) groups is 1. The molecule has 4 aromatic rings. The lowest BCUT2D eigenvalue weighted by atomic mass is 9.84. The van der Waals surface area contributed by atoms with Gasteiger partial charge >= 0.3 is 5.97 Å². The fourth-order valence-electron chi connectivity index (χ4n) is 4.27. The maximum Gasteiger partial charge on any atom is 0.304 e. The third kappa shape index (κ3) is 4.94. The molecule has 0 saturated heterocycles. The Bertz CT molecular complexity index is 1310. The van der Waals surface area contributed by atoms with Crippen LogP contribution in [0.2, 0.25) is 0 Å². The highest BCUT2D eigenvalue weighted by Crippen LogP contribution is 2.34. The SMILES string of the molecule is COc1ccc(COCc2cc([C@@H](CC(=O)O)c3ccc4c(nnn4C)c3C)ccc2C)cc1. The number of carboxylic acid groups (broad SMARTS) is 1. The summed E-state index contributed by atoms with van der Waals surface area (Å²) in [4.78, 5) is 11.8. The summed E-state index contributed by atoms with van der Waals surface area (Å²) in [5.41, 5.74) is 7.78. The molecule has 1 aromatic heterocycles. The first-order valence-electron chi connectivity index (χ1n) is 11.2. The zero-order valence-electron chi connectivity index (χ0n) is 19.9. The van der Waals surface area contributed by atoms with Crippen molar-refractivity contribution in [2.75, 3.05) is 7.11 Å². The first kappa shape index (κ1) is 23.4. The zero-order valence-corrected chi connectivity index (χ0v) is 19.9. The van der Waals surface area contributed by atoms with Gasteiger partial charge in [0.1, 0.15) is 11.3 Å². The van der Waals surface area contributed by atoms with E-state index in [4.69, 9.17) is 9.47 Å². The average Bonchev–Trinajstić information content (AvgIpc) is 3.21. The minimum Gasteiger partial charge on any atom is -0.497 e. The van der Waals surface area contributed by atoms with E-state index in [1.807, 2.05) is 69.4 Å². The van der Waals surface area contributed by atoms with E-state index in [0.29, 0.717) is 13.2 Å². The van der Waals surface area contributed by atoms with E-state index in [1.165, 1.54) is 0 Å². The van der Waals surface area contributed by atoms with Crippen LogP contribution in [-0.4, -0.2) is 33.2 Å². The largest absolute Gasteiger partial charge is 0.497 e. The van der Waals surface area contributed by atoms with Gasteiger partial charge < -0.3 is 14.6 Å². The van der Waals surface area contributed by atoms with Crippen LogP contribution in [0.4, 0.5) is 0 Å². The molecule has 1 heterocycles. The number of fused-ring (bicyclic) bond motifs is 1. The van der Waals surface area contributed by atoms with Crippen molar-refractivity contribution in [2.45, 2.75) is 39.4 Å². The number of nitrogens with zero attached hydrogens (tertiary/aromatic N) is 3. The topological polar surface area (TPSA) is 86.5 Å². The Morgan fingerprint density at radius 1 is 1.06 bits per heavy atom. The van der Waals surface area contributed by atoms with E-state index in [9.17, 15) is 9.90 Å². The van der Waals surface area contributed by atoms with Crippen LogP contribution in [0.5, 0.6) is 5.75 Å². The Hall–Kier alpha value is -3.71. The van der Waals surface area contributed by atoms with Crippen LogP contribution in [-0.2, 0) is 29.8 Å². The summed E-state index contributed by atoms with van der Waals surface area (Å²) in [5, 5.41) is 18.1. The van der Waals surface area contributed by atoms with Gasteiger partial charge in [0.25, 0.3) is 0 Å². The van der Waals surface area contributed by atoms with Crippen LogP contribution in [0.3, 0.4) is 0 Å². The van der Waals surface area contributed by atoms with Crippen molar-refractivity contribution in [3.63, 3.8) is 0 Å². The molecule has 1 N–H and O–H groups in total. The van der Waals surface area contributed by atoms with Crippen molar-refractivity contribution in [1.29, 1.82) is 0 Å². The molecule has 0 radical (unpaired) electrons. The molecule has 0 unspecified atom stereocenters. The summed E-state index contributed by atoms with van der Waals surface area (Å²) in [5.74, 6) is -0.335. The third-order valence-electron chi connectivity index (χ3n) is 6.29. The molecule has 0 fully saturated rings. The summed E-state index contributed by atoms with van der Waals surface area (Å²) < 4.78 is 12.9. The predicted molar refractivity (Wildman–Crippen MR) is 130 cm³/mol. The van der Waals surface area contributed by atoms with Gasteiger partial charge in [0.2, 0.25) is 0 Å². The lowest BCUT2D eigenvalue weighted by Crippen LogP contribution is -2.11. The Kier molecular flexibility index (Phi) is 6.93. The van der Waals surface area contributed by atoms with Gasteiger partial charge in [-0.05, 0) is 65.4 Å². The number of carboxylic acids is 1. The summed E-state index contributed by atoms with van der Waals surface area (Å²) >= 11 is 0. The molecule has 0 bridgehead atoms. The predicted octanol–water partition coefficient (Wildman–Crippen LogP) is 4.92. The molecule has 0 aliphatic carbocycles. The number of hydrogen-bond donors (Lipinski definition) is 1. The molecule has 0 aliphatic heterocycles. The molecule has 4 rings (SSSR count). The Morgan fingerprint density at radius 3 is 2.53 bits per heavy atom. The number of aryl methyl sites for hydroxylation is 3. The highest BCUT2D eigenvalue weighted by Gasteiger charge is 2.22. The molecule has 0 aliphatic rings. The number of hydrogen-bond acceptors (Lipinski definition) is 5. The molecule has 7 heteroatoms. The van der Waals surface area contributed by atoms with Crippen LogP contribution in [0.15, 0.2) is 54.6 Å². The monoisotopic (exact) mass is 459 g/mol. The normalized spacial score (nSPS) is 12.1. The van der Waals surface area contributed by atoms with E-state index in [-0.39, 0.29) is 12.3 Å². The quantitative estimate of drug-likeness (QED) is 0.382. The highest BCUT2D eigenvalue weighted by atomic mass is 16.5. The van der Waals surface area contributed by atoms with Crippen molar-refractivity contribution in [3.05, 3.63) is 88.0 Å². The summed E-state index contributed by atoms with van der Waals surface area (Å²) in [6.07, 6.45) is -0.0121. The second kappa shape index (κ2) is 10.1. The second-order valence-corrected chi connectivity index (χ2v) is 8.54. The number of ether oxygens (including phenoxy) is 2. The maximum atomic E-state index is 11.8. The lowest BCUT2D eigenvalue weighted by molar-refractivity contribution is -0.137. The van der Waals surface area contributed by atoms with Crippen LogP contribution in [0.1, 0.15) is 45.7 Å². The number of benzene rings is 3. The van der Waals surface area contributed by atoms with Crippen molar-refractivity contribution in [3.8, 4) is 5.75 Å². The molecule has 176 valence electrons. The molecule has 0 saturated carbocycles. The number of aromatic nitrogens is 3. The number of rotatable bonds is 9. The second-order valence-electron chi connectivity index (χ2n) is 8.54. The third-order valence-corrected chi connectivity index (χ3v) is 6.29. The van der Waals surface area contributed by atoms with Crippen LogP contribution in [0, 0.1) is 13.8 Å². The number of aliphatic carboxylic acids is 1. The van der Waals surface area contributed by atoms with Gasteiger partial charge in [-0.2, -0.15) is 0 Å². The first-order valence-corrected chi connectivity index (χ1v) is 11.2. The minimum absolute atomic E-state index is 0.0121. The fraction of sp³-hybridized carbons (Fsp3) is 0.296. The van der Waals surface area contributed by atoms with Gasteiger partial charge in [-0.1, -0.05) is 41.6 Å². The molecule has 34 heavy (non-hydrogen) atoms.